The second kappa shape index (κ2) is 4.71. The van der Waals surface area contributed by atoms with Crippen molar-refractivity contribution in [2.75, 3.05) is 6.61 Å². The number of aliphatic hydroxyl groups excluding tert-OH is 2. The minimum absolute atomic E-state index is 0.0605. The summed E-state index contributed by atoms with van der Waals surface area (Å²) >= 11 is 0. The lowest BCUT2D eigenvalue weighted by Crippen LogP contribution is -2.21. The lowest BCUT2D eigenvalue weighted by Gasteiger charge is -2.08. The summed E-state index contributed by atoms with van der Waals surface area (Å²) in [5.74, 6) is -1.35. The first kappa shape index (κ1) is 12.5. The molecule has 0 radical (unpaired) electrons. The molecule has 4 N–H and O–H groups in total. The summed E-state index contributed by atoms with van der Waals surface area (Å²) in [5, 5.41) is 22.3. The molecule has 0 bridgehead atoms. The molecule has 2 aromatic rings. The van der Waals surface area contributed by atoms with Gasteiger partial charge in [0.1, 0.15) is 11.3 Å². The number of rotatable bonds is 4. The molecule has 0 fully saturated rings. The van der Waals surface area contributed by atoms with Crippen molar-refractivity contribution in [1.82, 2.24) is 9.78 Å². The molecule has 0 aliphatic carbocycles. The molecule has 0 spiro atoms. The van der Waals surface area contributed by atoms with Gasteiger partial charge in [-0.1, -0.05) is 12.1 Å². The zero-order valence-corrected chi connectivity index (χ0v) is 9.38. The van der Waals surface area contributed by atoms with E-state index < -0.39 is 24.4 Å². The Morgan fingerprint density at radius 3 is 2.89 bits per heavy atom. The summed E-state index contributed by atoms with van der Waals surface area (Å²) in [4.78, 5) is 11.2. The smallest absolute Gasteiger partial charge is 0.269 e. The predicted octanol–water partition coefficient (Wildman–Crippen LogP) is -0.373. The van der Waals surface area contributed by atoms with Crippen molar-refractivity contribution < 1.29 is 19.4 Å². The second-order valence-corrected chi connectivity index (χ2v) is 3.87. The number of fused-ring (bicyclic) bond motifs is 1. The van der Waals surface area contributed by atoms with Crippen molar-refractivity contribution in [3.05, 3.63) is 29.7 Å². The van der Waals surface area contributed by atoms with Crippen molar-refractivity contribution in [3.63, 3.8) is 0 Å². The fourth-order valence-corrected chi connectivity index (χ4v) is 1.76. The molecule has 1 atom stereocenters. The van der Waals surface area contributed by atoms with Gasteiger partial charge in [0.05, 0.1) is 19.3 Å². The molecule has 6 nitrogen and oxygen atoms in total. The molecule has 0 aliphatic heterocycles. The Morgan fingerprint density at radius 1 is 1.56 bits per heavy atom. The number of benzene rings is 1. The number of carbonyl (C=O) groups is 1. The summed E-state index contributed by atoms with van der Waals surface area (Å²) < 4.78 is 14.9. The summed E-state index contributed by atoms with van der Waals surface area (Å²) in [6.45, 7) is -0.608. The summed E-state index contributed by atoms with van der Waals surface area (Å²) in [6.07, 6.45) is -1.09. The van der Waals surface area contributed by atoms with Crippen LogP contribution in [0.5, 0.6) is 0 Å². The van der Waals surface area contributed by atoms with Gasteiger partial charge in [0.2, 0.25) is 0 Å². The van der Waals surface area contributed by atoms with Gasteiger partial charge < -0.3 is 15.9 Å². The Labute approximate surface area is 101 Å². The van der Waals surface area contributed by atoms with Gasteiger partial charge >= 0.3 is 0 Å². The van der Waals surface area contributed by atoms with Crippen molar-refractivity contribution >= 4 is 16.8 Å². The fourth-order valence-electron chi connectivity index (χ4n) is 1.76. The number of halogens is 1. The quantitative estimate of drug-likeness (QED) is 0.691. The molecule has 1 amide bonds. The predicted molar refractivity (Wildman–Crippen MR) is 61.3 cm³/mol. The van der Waals surface area contributed by atoms with Crippen molar-refractivity contribution in [1.29, 1.82) is 0 Å². The number of hydrogen-bond donors (Lipinski definition) is 3. The first-order chi connectivity index (χ1) is 8.54. The van der Waals surface area contributed by atoms with Crippen LogP contribution in [-0.2, 0) is 6.54 Å². The number of aromatic nitrogens is 2. The topological polar surface area (TPSA) is 101 Å². The van der Waals surface area contributed by atoms with Gasteiger partial charge in [-0.15, -0.1) is 0 Å². The maximum atomic E-state index is 13.7. The highest BCUT2D eigenvalue weighted by molar-refractivity contribution is 6.04. The number of nitrogens with zero attached hydrogens (tertiary/aromatic N) is 2. The Kier molecular flexibility index (Phi) is 3.26. The molecule has 7 heteroatoms. The molecular formula is C11H12FN3O3. The molecule has 2 rings (SSSR count). The van der Waals surface area contributed by atoms with Crippen LogP contribution in [0.15, 0.2) is 18.2 Å². The maximum absolute atomic E-state index is 13.7. The van der Waals surface area contributed by atoms with Gasteiger partial charge in [-0.2, -0.15) is 5.10 Å². The van der Waals surface area contributed by atoms with Crippen LogP contribution in [0.1, 0.15) is 10.5 Å². The van der Waals surface area contributed by atoms with E-state index in [4.69, 9.17) is 10.8 Å². The van der Waals surface area contributed by atoms with Crippen molar-refractivity contribution in [2.45, 2.75) is 12.6 Å². The zero-order chi connectivity index (χ0) is 13.3. The number of para-hydroxylation sites is 1. The Hall–Kier alpha value is -1.99. The highest BCUT2D eigenvalue weighted by Crippen LogP contribution is 2.21. The van der Waals surface area contributed by atoms with Crippen LogP contribution in [0.4, 0.5) is 4.39 Å². The first-order valence-corrected chi connectivity index (χ1v) is 5.28. The van der Waals surface area contributed by atoms with E-state index in [-0.39, 0.29) is 23.1 Å². The molecule has 1 heterocycles. The number of amides is 1. The molecule has 0 saturated heterocycles. The van der Waals surface area contributed by atoms with E-state index in [0.29, 0.717) is 0 Å². The van der Waals surface area contributed by atoms with Crippen molar-refractivity contribution in [3.8, 4) is 0 Å². The molecule has 0 saturated carbocycles. The van der Waals surface area contributed by atoms with E-state index >= 15 is 0 Å². The highest BCUT2D eigenvalue weighted by atomic mass is 19.1. The number of carbonyl (C=O) groups excluding carboxylic acids is 1. The molecule has 1 aromatic heterocycles. The van der Waals surface area contributed by atoms with Crippen molar-refractivity contribution in [2.24, 2.45) is 5.73 Å². The Balaban J connectivity index is 2.62. The van der Waals surface area contributed by atoms with Gasteiger partial charge in [0.25, 0.3) is 5.91 Å². The lowest BCUT2D eigenvalue weighted by atomic mass is 10.2. The van der Waals surface area contributed by atoms with E-state index in [2.05, 4.69) is 5.10 Å². The summed E-state index contributed by atoms with van der Waals surface area (Å²) in [6, 6.07) is 4.18. The maximum Gasteiger partial charge on any atom is 0.269 e. The largest absolute Gasteiger partial charge is 0.394 e. The Bertz CT molecular complexity index is 596. The number of primary amides is 1. The summed E-state index contributed by atoms with van der Waals surface area (Å²) in [5.41, 5.74) is 5.18. The van der Waals surface area contributed by atoms with Gasteiger partial charge in [-0.05, 0) is 6.07 Å². The Morgan fingerprint density at radius 2 is 2.28 bits per heavy atom. The lowest BCUT2D eigenvalue weighted by molar-refractivity contribution is 0.0788. The van der Waals surface area contributed by atoms with Gasteiger partial charge in [0.15, 0.2) is 5.69 Å². The van der Waals surface area contributed by atoms with Crippen LogP contribution in [0.25, 0.3) is 10.9 Å². The first-order valence-electron chi connectivity index (χ1n) is 5.28. The van der Waals surface area contributed by atoms with Crippen LogP contribution in [0.2, 0.25) is 0 Å². The van der Waals surface area contributed by atoms with Gasteiger partial charge in [-0.25, -0.2) is 4.39 Å². The SMILES string of the molecule is NC(=O)c1nn(C[C@@H](O)CO)c2c(F)cccc12. The third-order valence-electron chi connectivity index (χ3n) is 2.55. The third-order valence-corrected chi connectivity index (χ3v) is 2.55. The van der Waals surface area contributed by atoms with Crippen LogP contribution in [-0.4, -0.2) is 38.6 Å². The van der Waals surface area contributed by atoms with E-state index in [1.165, 1.54) is 18.2 Å². The monoisotopic (exact) mass is 253 g/mol. The average Bonchev–Trinajstić information content (AvgIpc) is 2.69. The number of aliphatic hydroxyl groups is 2. The highest BCUT2D eigenvalue weighted by Gasteiger charge is 2.18. The molecule has 96 valence electrons. The standard InChI is InChI=1S/C11H12FN3O3/c12-8-3-1-2-7-9(11(13)18)14-15(10(7)8)4-6(17)5-16/h1-3,6,16-17H,4-5H2,(H2,13,18)/t6-/m1/s1. The summed E-state index contributed by atoms with van der Waals surface area (Å²) in [7, 11) is 0. The van der Waals surface area contributed by atoms with Gasteiger partial charge in [0, 0.05) is 5.39 Å². The number of nitrogens with two attached hydrogens (primary N) is 1. The van der Waals surface area contributed by atoms with Crippen LogP contribution < -0.4 is 5.73 Å². The third kappa shape index (κ3) is 2.05. The van der Waals surface area contributed by atoms with E-state index in [1.54, 1.807) is 0 Å². The molecule has 0 aliphatic rings. The minimum Gasteiger partial charge on any atom is -0.394 e. The zero-order valence-electron chi connectivity index (χ0n) is 9.38. The van der Waals surface area contributed by atoms with Crippen LogP contribution in [0.3, 0.4) is 0 Å². The van der Waals surface area contributed by atoms with Crippen LogP contribution in [0, 0.1) is 5.82 Å². The van der Waals surface area contributed by atoms with Gasteiger partial charge in [-0.3, -0.25) is 9.48 Å². The fraction of sp³-hybridized carbons (Fsp3) is 0.273. The minimum atomic E-state index is -1.09. The van der Waals surface area contributed by atoms with E-state index in [0.717, 1.165) is 4.68 Å². The number of hydrogen-bond acceptors (Lipinski definition) is 4. The van der Waals surface area contributed by atoms with Crippen LogP contribution >= 0.6 is 0 Å². The molecular weight excluding hydrogens is 241 g/mol. The normalized spacial score (nSPS) is 12.8. The molecule has 0 unspecified atom stereocenters. The molecule has 18 heavy (non-hydrogen) atoms. The van der Waals surface area contributed by atoms with E-state index in [1.807, 2.05) is 0 Å². The van der Waals surface area contributed by atoms with E-state index in [9.17, 15) is 14.3 Å². The second-order valence-electron chi connectivity index (χ2n) is 3.87. The molecule has 1 aromatic carbocycles. The average molecular weight is 253 g/mol.